The fourth-order valence-electron chi connectivity index (χ4n) is 3.12. The van der Waals surface area contributed by atoms with Gasteiger partial charge in [0.05, 0.1) is 0 Å². The molecule has 0 unspecified atom stereocenters. The van der Waals surface area contributed by atoms with Crippen molar-refractivity contribution in [3.8, 4) is 0 Å². The predicted octanol–water partition coefficient (Wildman–Crippen LogP) is 4.47. The van der Waals surface area contributed by atoms with Crippen LogP contribution in [-0.4, -0.2) is 23.1 Å². The van der Waals surface area contributed by atoms with E-state index in [1.165, 1.54) is 31.2 Å². The van der Waals surface area contributed by atoms with Crippen LogP contribution in [0.5, 0.6) is 0 Å². The van der Waals surface area contributed by atoms with Crippen molar-refractivity contribution < 1.29 is 0 Å². The minimum atomic E-state index is 0.864. The summed E-state index contributed by atoms with van der Waals surface area (Å²) in [6.45, 7) is 6.34. The molecule has 4 nitrogen and oxygen atoms in total. The van der Waals surface area contributed by atoms with Crippen LogP contribution in [0.2, 0.25) is 0 Å². The van der Waals surface area contributed by atoms with Crippen LogP contribution in [0.3, 0.4) is 0 Å². The molecule has 2 aromatic rings. The number of hydrogen-bond donors (Lipinski definition) is 1. The number of aromatic nitrogens is 2. The number of aryl methyl sites for hydroxylation is 2. The highest BCUT2D eigenvalue weighted by molar-refractivity contribution is 5.61. The summed E-state index contributed by atoms with van der Waals surface area (Å²) in [6, 6.07) is 10.4. The van der Waals surface area contributed by atoms with Crippen LogP contribution in [0, 0.1) is 6.92 Å². The Hall–Kier alpha value is -2.10. The fourth-order valence-corrected chi connectivity index (χ4v) is 3.12. The van der Waals surface area contributed by atoms with Gasteiger partial charge in [0, 0.05) is 30.5 Å². The van der Waals surface area contributed by atoms with Gasteiger partial charge in [-0.2, -0.15) is 4.98 Å². The first kappa shape index (κ1) is 15.8. The van der Waals surface area contributed by atoms with Gasteiger partial charge in [0.1, 0.15) is 5.82 Å². The molecule has 2 heterocycles. The highest BCUT2D eigenvalue weighted by atomic mass is 15.3. The zero-order valence-electron chi connectivity index (χ0n) is 14.2. The van der Waals surface area contributed by atoms with Gasteiger partial charge in [0.2, 0.25) is 5.95 Å². The first-order valence-corrected chi connectivity index (χ1v) is 8.72. The van der Waals surface area contributed by atoms with Gasteiger partial charge in [-0.05, 0) is 37.8 Å². The summed E-state index contributed by atoms with van der Waals surface area (Å²) in [5.74, 6) is 1.75. The summed E-state index contributed by atoms with van der Waals surface area (Å²) < 4.78 is 0. The van der Waals surface area contributed by atoms with Crippen LogP contribution in [0.1, 0.15) is 43.9 Å². The molecule has 0 amide bonds. The SMILES string of the molecule is CCc1ccccc1Nc1cc(C)nc(N2CCCCCC2)n1. The predicted molar refractivity (Wildman–Crippen MR) is 96.6 cm³/mol. The molecule has 0 radical (unpaired) electrons. The largest absolute Gasteiger partial charge is 0.341 e. The molecule has 0 bridgehead atoms. The first-order chi connectivity index (χ1) is 11.3. The Labute approximate surface area is 139 Å². The monoisotopic (exact) mass is 310 g/mol. The number of nitrogens with zero attached hydrogens (tertiary/aromatic N) is 3. The van der Waals surface area contributed by atoms with Gasteiger partial charge in [-0.1, -0.05) is 38.0 Å². The van der Waals surface area contributed by atoms with Crippen molar-refractivity contribution in [2.24, 2.45) is 0 Å². The number of rotatable bonds is 4. The molecule has 4 heteroatoms. The molecule has 0 atom stereocenters. The van der Waals surface area contributed by atoms with Crippen LogP contribution in [-0.2, 0) is 6.42 Å². The van der Waals surface area contributed by atoms with E-state index < -0.39 is 0 Å². The van der Waals surface area contributed by atoms with Crippen LogP contribution >= 0.6 is 0 Å². The molecule has 122 valence electrons. The molecule has 0 spiro atoms. The molecule has 1 fully saturated rings. The lowest BCUT2D eigenvalue weighted by atomic mass is 10.1. The number of hydrogen-bond acceptors (Lipinski definition) is 4. The molecular weight excluding hydrogens is 284 g/mol. The van der Waals surface area contributed by atoms with Crippen molar-refractivity contribution in [1.82, 2.24) is 9.97 Å². The van der Waals surface area contributed by atoms with Gasteiger partial charge in [-0.15, -0.1) is 0 Å². The second-order valence-electron chi connectivity index (χ2n) is 6.23. The zero-order chi connectivity index (χ0) is 16.1. The molecule has 1 saturated heterocycles. The Bertz CT molecular complexity index is 646. The standard InChI is InChI=1S/C19H26N4/c1-3-16-10-6-7-11-17(16)21-18-14-15(2)20-19(22-18)23-12-8-4-5-9-13-23/h6-7,10-11,14H,3-5,8-9,12-13H2,1-2H3,(H,20,21,22). The zero-order valence-corrected chi connectivity index (χ0v) is 14.2. The molecule has 3 rings (SSSR count). The van der Waals surface area contributed by atoms with Crippen molar-refractivity contribution in [3.05, 3.63) is 41.6 Å². The summed E-state index contributed by atoms with van der Waals surface area (Å²) in [6.07, 6.45) is 6.11. The maximum Gasteiger partial charge on any atom is 0.227 e. The smallest absolute Gasteiger partial charge is 0.227 e. The Kier molecular flexibility index (Phi) is 5.11. The van der Waals surface area contributed by atoms with Crippen molar-refractivity contribution >= 4 is 17.5 Å². The first-order valence-electron chi connectivity index (χ1n) is 8.72. The number of para-hydroxylation sites is 1. The summed E-state index contributed by atoms with van der Waals surface area (Å²) in [7, 11) is 0. The van der Waals surface area contributed by atoms with E-state index in [1.807, 2.05) is 13.0 Å². The van der Waals surface area contributed by atoms with E-state index in [9.17, 15) is 0 Å². The lowest BCUT2D eigenvalue weighted by molar-refractivity contribution is 0.726. The highest BCUT2D eigenvalue weighted by Crippen LogP contribution is 2.23. The Morgan fingerprint density at radius 2 is 1.78 bits per heavy atom. The number of anilines is 3. The Balaban J connectivity index is 1.85. The topological polar surface area (TPSA) is 41.1 Å². The van der Waals surface area contributed by atoms with E-state index in [2.05, 4.69) is 46.4 Å². The lowest BCUT2D eigenvalue weighted by Crippen LogP contribution is -2.26. The summed E-state index contributed by atoms with van der Waals surface area (Å²) >= 11 is 0. The third kappa shape index (κ3) is 4.01. The summed E-state index contributed by atoms with van der Waals surface area (Å²) in [5.41, 5.74) is 3.45. The van der Waals surface area contributed by atoms with Crippen molar-refractivity contribution in [1.29, 1.82) is 0 Å². The normalized spacial score (nSPS) is 15.3. The highest BCUT2D eigenvalue weighted by Gasteiger charge is 2.14. The van der Waals surface area contributed by atoms with Gasteiger partial charge in [0.15, 0.2) is 0 Å². The number of nitrogens with one attached hydrogen (secondary N) is 1. The maximum atomic E-state index is 4.77. The van der Waals surface area contributed by atoms with Gasteiger partial charge in [-0.25, -0.2) is 4.98 Å². The van der Waals surface area contributed by atoms with Gasteiger partial charge in [-0.3, -0.25) is 0 Å². The summed E-state index contributed by atoms with van der Waals surface area (Å²) in [4.78, 5) is 11.8. The van der Waals surface area contributed by atoms with E-state index >= 15 is 0 Å². The van der Waals surface area contributed by atoms with Gasteiger partial charge in [0.25, 0.3) is 0 Å². The van der Waals surface area contributed by atoms with Gasteiger partial charge < -0.3 is 10.2 Å². The third-order valence-electron chi connectivity index (χ3n) is 4.39. The summed E-state index contributed by atoms with van der Waals surface area (Å²) in [5, 5.41) is 3.48. The van der Waals surface area contributed by atoms with Crippen molar-refractivity contribution in [3.63, 3.8) is 0 Å². The quantitative estimate of drug-likeness (QED) is 0.904. The average Bonchev–Trinajstić information content (AvgIpc) is 2.84. The minimum Gasteiger partial charge on any atom is -0.341 e. The molecular formula is C19H26N4. The second kappa shape index (κ2) is 7.44. The van der Waals surface area contributed by atoms with E-state index in [-0.39, 0.29) is 0 Å². The second-order valence-corrected chi connectivity index (χ2v) is 6.23. The Morgan fingerprint density at radius 1 is 1.04 bits per heavy atom. The van der Waals surface area contributed by atoms with Crippen LogP contribution in [0.4, 0.5) is 17.5 Å². The van der Waals surface area contributed by atoms with Crippen LogP contribution < -0.4 is 10.2 Å². The third-order valence-corrected chi connectivity index (χ3v) is 4.39. The van der Waals surface area contributed by atoms with E-state index in [0.29, 0.717) is 0 Å². The molecule has 1 aliphatic heterocycles. The van der Waals surface area contributed by atoms with Crippen LogP contribution in [0.25, 0.3) is 0 Å². The molecule has 1 N–H and O–H groups in total. The molecule has 0 saturated carbocycles. The maximum absolute atomic E-state index is 4.77. The lowest BCUT2D eigenvalue weighted by Gasteiger charge is -2.21. The molecule has 1 aliphatic rings. The Morgan fingerprint density at radius 3 is 2.52 bits per heavy atom. The molecule has 1 aromatic carbocycles. The average molecular weight is 310 g/mol. The van der Waals surface area contributed by atoms with Gasteiger partial charge >= 0.3 is 0 Å². The van der Waals surface area contributed by atoms with Crippen molar-refractivity contribution in [2.45, 2.75) is 46.0 Å². The molecule has 1 aromatic heterocycles. The molecule has 23 heavy (non-hydrogen) atoms. The minimum absolute atomic E-state index is 0.864. The molecule has 0 aliphatic carbocycles. The van der Waals surface area contributed by atoms with Crippen LogP contribution in [0.15, 0.2) is 30.3 Å². The van der Waals surface area contributed by atoms with Crippen molar-refractivity contribution in [2.75, 3.05) is 23.3 Å². The van der Waals surface area contributed by atoms with E-state index in [4.69, 9.17) is 4.98 Å². The van der Waals surface area contributed by atoms with E-state index in [0.717, 1.165) is 42.7 Å². The van der Waals surface area contributed by atoms with E-state index in [1.54, 1.807) is 0 Å². The fraction of sp³-hybridized carbons (Fsp3) is 0.474. The number of benzene rings is 1.